The smallest absolute Gasteiger partial charge is 0.267 e. The summed E-state index contributed by atoms with van der Waals surface area (Å²) in [5, 5.41) is 17.9. The first kappa shape index (κ1) is 17.8. The summed E-state index contributed by atoms with van der Waals surface area (Å²) in [6.45, 7) is 4.10. The summed E-state index contributed by atoms with van der Waals surface area (Å²) in [7, 11) is 0. The largest absolute Gasteiger partial charge is 0.368 e. The molecular weight excluding hydrogens is 357 g/mol. The minimum atomic E-state index is -0.262. The molecule has 1 atom stereocenters. The van der Waals surface area contributed by atoms with Crippen LogP contribution in [-0.2, 0) is 0 Å². The van der Waals surface area contributed by atoms with Crippen LogP contribution in [0.5, 0.6) is 0 Å². The van der Waals surface area contributed by atoms with E-state index in [1.54, 1.807) is 16.0 Å². The van der Waals surface area contributed by atoms with Crippen LogP contribution in [0.4, 0.5) is 0 Å². The molecule has 27 heavy (non-hydrogen) atoms. The number of nitriles is 1. The Morgan fingerprint density at radius 3 is 2.89 bits per heavy atom. The average molecular weight is 379 g/mol. The maximum Gasteiger partial charge on any atom is 0.267 e. The normalized spacial score (nSPS) is 21.6. The van der Waals surface area contributed by atoms with Crippen molar-refractivity contribution in [2.24, 2.45) is 15.7 Å². The first-order chi connectivity index (χ1) is 13.0. The number of allylic oxidation sites excluding steroid dienone is 1. The first-order valence-electron chi connectivity index (χ1n) is 9.24. The van der Waals surface area contributed by atoms with Gasteiger partial charge in [0.15, 0.2) is 6.17 Å². The van der Waals surface area contributed by atoms with Gasteiger partial charge in [0.2, 0.25) is 5.96 Å². The molecule has 0 bridgehead atoms. The molecule has 3 N–H and O–H groups in total. The zero-order chi connectivity index (χ0) is 19.0. The zero-order valence-corrected chi connectivity index (χ0v) is 16.3. The molecule has 1 saturated heterocycles. The molecule has 0 spiro atoms. The Morgan fingerprint density at radius 1 is 1.44 bits per heavy atom. The monoisotopic (exact) mass is 379 g/mol. The van der Waals surface area contributed by atoms with Gasteiger partial charge < -0.3 is 11.1 Å². The van der Waals surface area contributed by atoms with E-state index in [0.29, 0.717) is 11.9 Å². The van der Waals surface area contributed by atoms with Gasteiger partial charge in [0, 0.05) is 28.6 Å². The molecule has 0 aromatic carbocycles. The third-order valence-corrected chi connectivity index (χ3v) is 6.42. The second kappa shape index (κ2) is 7.20. The Morgan fingerprint density at radius 2 is 2.22 bits per heavy atom. The molecule has 0 amide bonds. The quantitative estimate of drug-likeness (QED) is 0.475. The Labute approximate surface area is 162 Å². The maximum atomic E-state index is 9.06. The summed E-state index contributed by atoms with van der Waals surface area (Å²) in [4.78, 5) is 11.3. The van der Waals surface area contributed by atoms with Crippen molar-refractivity contribution in [1.82, 2.24) is 15.1 Å². The molecule has 7 nitrogen and oxygen atoms in total. The summed E-state index contributed by atoms with van der Waals surface area (Å²) in [6.07, 6.45) is 7.68. The van der Waals surface area contributed by atoms with Crippen LogP contribution >= 0.6 is 11.3 Å². The number of fused-ring (bicyclic) bond motifs is 1. The highest BCUT2D eigenvalue weighted by molar-refractivity contribution is 7.18. The number of nitrogens with zero attached hydrogens (tertiary/aromatic N) is 5. The molecule has 4 heterocycles. The standard InChI is InChI=1S/C18H22BN7S/c1-11-8-22-16(12(2)23-11)24-18(21)26-9-14-7-15(27-17(14)25-26)13-3-5-19(10-20)6-4-13/h7-9,13,16,22H,3-6H2,1-2H3,(H2,21,24). The van der Waals surface area contributed by atoms with Crippen LogP contribution in [0.3, 0.4) is 0 Å². The zero-order valence-electron chi connectivity index (χ0n) is 15.5. The Kier molecular flexibility index (Phi) is 4.74. The highest BCUT2D eigenvalue weighted by Crippen LogP contribution is 2.38. The van der Waals surface area contributed by atoms with E-state index >= 15 is 0 Å². The molecular formula is C18H22BN7S. The van der Waals surface area contributed by atoms with E-state index < -0.39 is 0 Å². The lowest BCUT2D eigenvalue weighted by Crippen LogP contribution is -2.36. The van der Waals surface area contributed by atoms with E-state index in [4.69, 9.17) is 11.0 Å². The average Bonchev–Trinajstić information content (AvgIpc) is 3.23. The van der Waals surface area contributed by atoms with Gasteiger partial charge in [-0.3, -0.25) is 4.99 Å². The van der Waals surface area contributed by atoms with Crippen LogP contribution in [0.25, 0.3) is 10.2 Å². The number of hydrogen-bond acceptors (Lipinski definition) is 6. The minimum Gasteiger partial charge on any atom is -0.368 e. The lowest BCUT2D eigenvalue weighted by Gasteiger charge is -2.21. The van der Waals surface area contributed by atoms with E-state index in [9.17, 15) is 0 Å². The number of aromatic nitrogens is 2. The fourth-order valence-electron chi connectivity index (χ4n) is 3.68. The van der Waals surface area contributed by atoms with E-state index in [1.165, 1.54) is 4.88 Å². The van der Waals surface area contributed by atoms with E-state index in [2.05, 4.69) is 32.4 Å². The number of nitrogens with one attached hydrogen (secondary N) is 1. The fourth-order valence-corrected chi connectivity index (χ4v) is 4.85. The maximum absolute atomic E-state index is 9.06. The van der Waals surface area contributed by atoms with Gasteiger partial charge in [0.05, 0.1) is 11.4 Å². The second-order valence-corrected chi connectivity index (χ2v) is 8.32. The molecule has 0 radical (unpaired) electrons. The van der Waals surface area contributed by atoms with Crippen molar-refractivity contribution in [3.63, 3.8) is 0 Å². The Bertz CT molecular complexity index is 954. The van der Waals surface area contributed by atoms with Crippen LogP contribution in [0.15, 0.2) is 34.1 Å². The summed E-state index contributed by atoms with van der Waals surface area (Å²) in [5.41, 5.74) is 7.97. The molecule has 1 unspecified atom stereocenters. The van der Waals surface area contributed by atoms with Gasteiger partial charge in [-0.2, -0.15) is 5.10 Å². The molecule has 1 fully saturated rings. The van der Waals surface area contributed by atoms with Crippen LogP contribution in [-0.4, -0.2) is 34.3 Å². The van der Waals surface area contributed by atoms with Crippen LogP contribution in [0, 0.1) is 11.2 Å². The van der Waals surface area contributed by atoms with Crippen LogP contribution in [0.2, 0.25) is 12.6 Å². The van der Waals surface area contributed by atoms with Gasteiger partial charge in [-0.15, -0.1) is 11.3 Å². The van der Waals surface area contributed by atoms with Gasteiger partial charge in [-0.25, -0.2) is 14.9 Å². The number of nitrogens with two attached hydrogens (primary N) is 1. The molecule has 138 valence electrons. The number of hydrogen-bond donors (Lipinski definition) is 2. The molecule has 2 aromatic heterocycles. The molecule has 9 heteroatoms. The summed E-state index contributed by atoms with van der Waals surface area (Å²) in [5.74, 6) is 3.29. The molecule has 2 aliphatic rings. The molecule has 4 rings (SSSR count). The second-order valence-electron chi connectivity index (χ2n) is 7.26. The van der Waals surface area contributed by atoms with Crippen LogP contribution < -0.4 is 11.1 Å². The SMILES string of the molecule is CC1=CNC(N=C(N)n2cc3cc(C4CCB(C#N)CC4)sc3n2)C(C)=N1. The molecule has 0 aliphatic carbocycles. The third kappa shape index (κ3) is 3.62. The highest BCUT2D eigenvalue weighted by Gasteiger charge is 2.26. The molecule has 2 aromatic rings. The summed E-state index contributed by atoms with van der Waals surface area (Å²) < 4.78 is 1.64. The predicted octanol–water partition coefficient (Wildman–Crippen LogP) is 2.95. The summed E-state index contributed by atoms with van der Waals surface area (Å²) >= 11 is 1.72. The Balaban J connectivity index is 1.50. The van der Waals surface area contributed by atoms with E-state index in [1.807, 2.05) is 26.2 Å². The van der Waals surface area contributed by atoms with Crippen molar-refractivity contribution in [3.8, 4) is 5.97 Å². The summed E-state index contributed by atoms with van der Waals surface area (Å²) in [6, 6.07) is 2.21. The van der Waals surface area contributed by atoms with Crippen molar-refractivity contribution < 1.29 is 0 Å². The minimum absolute atomic E-state index is 0.231. The fraction of sp³-hybridized carbons (Fsp3) is 0.444. The van der Waals surface area contributed by atoms with Gasteiger partial charge in [0.1, 0.15) is 4.83 Å². The van der Waals surface area contributed by atoms with E-state index in [0.717, 1.165) is 47.1 Å². The third-order valence-electron chi connectivity index (χ3n) is 5.23. The van der Waals surface area contributed by atoms with Crippen molar-refractivity contribution >= 4 is 39.9 Å². The van der Waals surface area contributed by atoms with E-state index in [-0.39, 0.29) is 12.9 Å². The van der Waals surface area contributed by atoms with Gasteiger partial charge >= 0.3 is 0 Å². The molecule has 2 aliphatic heterocycles. The first-order valence-corrected chi connectivity index (χ1v) is 10.1. The number of aliphatic imine (C=N–C) groups is 2. The number of rotatable bonds is 2. The lowest BCUT2D eigenvalue weighted by atomic mass is 9.42. The van der Waals surface area contributed by atoms with Gasteiger partial charge in [-0.1, -0.05) is 25.5 Å². The van der Waals surface area contributed by atoms with Gasteiger partial charge in [0.25, 0.3) is 6.71 Å². The molecule has 0 saturated carbocycles. The Hall–Kier alpha value is -2.60. The highest BCUT2D eigenvalue weighted by atomic mass is 32.1. The van der Waals surface area contributed by atoms with Crippen molar-refractivity contribution in [3.05, 3.63) is 29.0 Å². The van der Waals surface area contributed by atoms with Gasteiger partial charge in [-0.05, 0) is 25.8 Å². The topological polar surface area (TPSA) is 104 Å². The van der Waals surface area contributed by atoms with Crippen molar-refractivity contribution in [2.45, 2.75) is 51.4 Å². The van der Waals surface area contributed by atoms with Crippen molar-refractivity contribution in [1.29, 1.82) is 5.26 Å². The number of thiophene rings is 1. The lowest BCUT2D eigenvalue weighted by molar-refractivity contribution is 0.621. The van der Waals surface area contributed by atoms with Crippen molar-refractivity contribution in [2.75, 3.05) is 0 Å². The van der Waals surface area contributed by atoms with Crippen LogP contribution in [0.1, 0.15) is 37.5 Å². The predicted molar refractivity (Wildman–Crippen MR) is 111 cm³/mol.